The number of aromatic nitrogens is 4. The van der Waals surface area contributed by atoms with E-state index < -0.39 is 0 Å². The van der Waals surface area contributed by atoms with Gasteiger partial charge in [-0.15, -0.1) is 0 Å². The van der Waals surface area contributed by atoms with Gasteiger partial charge in [-0.05, 0) is 70.5 Å². The summed E-state index contributed by atoms with van der Waals surface area (Å²) >= 11 is 0. The summed E-state index contributed by atoms with van der Waals surface area (Å²) in [5.74, 6) is 2.43. The van der Waals surface area contributed by atoms with Gasteiger partial charge >= 0.3 is 0 Å². The van der Waals surface area contributed by atoms with Crippen molar-refractivity contribution in [1.29, 1.82) is 0 Å². The molecule has 11 rings (SSSR count). The molecule has 0 saturated heterocycles. The number of hydrogen-bond acceptors (Lipinski definition) is 4. The third-order valence-electron chi connectivity index (χ3n) is 11.8. The van der Waals surface area contributed by atoms with Crippen molar-refractivity contribution in [1.82, 2.24) is 19.5 Å². The predicted molar refractivity (Wildman–Crippen MR) is 233 cm³/mol. The number of allylic oxidation sites excluding steroid dienone is 4. The highest BCUT2D eigenvalue weighted by Gasteiger charge is 2.45. The van der Waals surface area contributed by atoms with Crippen molar-refractivity contribution in [2.24, 2.45) is 5.92 Å². The number of anilines is 1. The minimum atomic E-state index is 0.00982. The van der Waals surface area contributed by atoms with Crippen LogP contribution < -0.4 is 4.90 Å². The summed E-state index contributed by atoms with van der Waals surface area (Å²) in [4.78, 5) is 18.6. The molecule has 0 N–H and O–H groups in total. The van der Waals surface area contributed by atoms with Gasteiger partial charge in [-0.3, -0.25) is 4.57 Å². The first kappa shape index (κ1) is 33.2. The molecule has 3 unspecified atom stereocenters. The maximum atomic E-state index is 5.42. The van der Waals surface area contributed by atoms with E-state index in [2.05, 4.69) is 186 Å². The highest BCUT2D eigenvalue weighted by Crippen LogP contribution is 2.57. The van der Waals surface area contributed by atoms with Crippen LogP contribution in [0.4, 0.5) is 5.69 Å². The highest BCUT2D eigenvalue weighted by molar-refractivity contribution is 5.95. The summed E-state index contributed by atoms with van der Waals surface area (Å²) in [5, 5.41) is 1.19. The van der Waals surface area contributed by atoms with Crippen LogP contribution in [0, 0.1) is 5.92 Å². The van der Waals surface area contributed by atoms with E-state index in [0.29, 0.717) is 23.5 Å². The fraction of sp³-hybridized carbons (Fsp3) is 0.0962. The van der Waals surface area contributed by atoms with E-state index in [4.69, 9.17) is 15.0 Å². The maximum absolute atomic E-state index is 5.42. The lowest BCUT2D eigenvalue weighted by Gasteiger charge is -2.37. The van der Waals surface area contributed by atoms with E-state index in [-0.39, 0.29) is 12.0 Å². The number of fused-ring (bicyclic) bond motifs is 7. The van der Waals surface area contributed by atoms with Gasteiger partial charge in [-0.25, -0.2) is 4.98 Å². The Balaban J connectivity index is 1.12. The van der Waals surface area contributed by atoms with Crippen LogP contribution in [0.2, 0.25) is 0 Å². The molecule has 0 fully saturated rings. The normalized spacial score (nSPS) is 17.9. The van der Waals surface area contributed by atoms with Gasteiger partial charge in [0.2, 0.25) is 5.95 Å². The Morgan fingerprint density at radius 2 is 1.19 bits per heavy atom. The van der Waals surface area contributed by atoms with Crippen LogP contribution in [0.1, 0.15) is 42.1 Å². The summed E-state index contributed by atoms with van der Waals surface area (Å²) < 4.78 is 2.33. The molecule has 0 bridgehead atoms. The van der Waals surface area contributed by atoms with Crippen molar-refractivity contribution < 1.29 is 0 Å². The van der Waals surface area contributed by atoms with Gasteiger partial charge in [0.15, 0.2) is 11.6 Å². The first-order valence-electron chi connectivity index (χ1n) is 19.8. The number of nitrogens with zero attached hydrogens (tertiary/aromatic N) is 5. The van der Waals surface area contributed by atoms with Gasteiger partial charge in [0.1, 0.15) is 0 Å². The largest absolute Gasteiger partial charge is 0.335 e. The smallest absolute Gasteiger partial charge is 0.238 e. The van der Waals surface area contributed by atoms with E-state index in [9.17, 15) is 0 Å². The topological polar surface area (TPSA) is 46.8 Å². The Morgan fingerprint density at radius 3 is 1.96 bits per heavy atom. The van der Waals surface area contributed by atoms with Crippen molar-refractivity contribution in [3.63, 3.8) is 0 Å². The van der Waals surface area contributed by atoms with Crippen LogP contribution in [0.5, 0.6) is 0 Å². The second-order valence-corrected chi connectivity index (χ2v) is 15.2. The predicted octanol–water partition coefficient (Wildman–Crippen LogP) is 12.6. The fourth-order valence-electron chi connectivity index (χ4n) is 9.15. The summed E-state index contributed by atoms with van der Waals surface area (Å²) in [6.07, 6.45) is 12.6. The van der Waals surface area contributed by atoms with Crippen molar-refractivity contribution >= 4 is 22.7 Å². The molecule has 0 spiro atoms. The molecule has 0 radical (unpaired) electrons. The van der Waals surface area contributed by atoms with E-state index in [1.54, 1.807) is 0 Å². The number of hydrogen-bond donors (Lipinski definition) is 0. The van der Waals surface area contributed by atoms with Gasteiger partial charge in [0, 0.05) is 39.4 Å². The molecule has 0 amide bonds. The molecule has 5 heteroatoms. The standard InChI is InChI=1S/C52H39N5/c1-34-16-8-11-27-45(34)56-46-28-12-9-25-41(46)43-30-31-44-42-26-10-13-29-47(42)57(49(44)48(43)56)52-54-50(36-19-6-3-7-20-36)53-51(55-52)40-24-15-23-39(33-40)38-22-14-21-37(32-38)35-17-4-2-5-18-35/h2-15,17-34,43,48H,16H2,1H3. The summed E-state index contributed by atoms with van der Waals surface area (Å²) in [6.45, 7) is 2.34. The molecule has 0 saturated carbocycles. The second-order valence-electron chi connectivity index (χ2n) is 15.2. The van der Waals surface area contributed by atoms with Crippen molar-refractivity contribution in [3.05, 3.63) is 205 Å². The molecular weight excluding hydrogens is 695 g/mol. The zero-order valence-electron chi connectivity index (χ0n) is 31.6. The van der Waals surface area contributed by atoms with E-state index in [0.717, 1.165) is 34.2 Å². The Hall–Kier alpha value is -7.11. The Kier molecular flexibility index (Phi) is 7.92. The Morgan fingerprint density at radius 1 is 0.579 bits per heavy atom. The number of rotatable bonds is 6. The molecule has 1 aliphatic heterocycles. The Bertz CT molecular complexity index is 2920. The molecule has 6 aromatic carbocycles. The minimum absolute atomic E-state index is 0.00982. The molecule has 3 heterocycles. The van der Waals surface area contributed by atoms with Crippen molar-refractivity contribution in [3.8, 4) is 51.0 Å². The molecule has 2 aromatic heterocycles. The number of benzene rings is 6. The van der Waals surface area contributed by atoms with E-state index >= 15 is 0 Å². The summed E-state index contributed by atoms with van der Waals surface area (Å²) in [7, 11) is 0. The summed E-state index contributed by atoms with van der Waals surface area (Å²) in [5.41, 5.74) is 13.9. The first-order valence-corrected chi connectivity index (χ1v) is 19.8. The van der Waals surface area contributed by atoms with Crippen LogP contribution in [0.3, 0.4) is 0 Å². The third-order valence-corrected chi connectivity index (χ3v) is 11.8. The number of para-hydroxylation sites is 2. The molecule has 2 aliphatic carbocycles. The highest BCUT2D eigenvalue weighted by atomic mass is 15.3. The maximum Gasteiger partial charge on any atom is 0.238 e. The molecule has 3 aliphatic rings. The lowest BCUT2D eigenvalue weighted by molar-refractivity contribution is 0.562. The van der Waals surface area contributed by atoms with Gasteiger partial charge in [0.25, 0.3) is 0 Å². The van der Waals surface area contributed by atoms with E-state index in [1.165, 1.54) is 44.7 Å². The minimum Gasteiger partial charge on any atom is -0.335 e. The van der Waals surface area contributed by atoms with Crippen LogP contribution in [0.15, 0.2) is 188 Å². The zero-order valence-corrected chi connectivity index (χ0v) is 31.6. The SMILES string of the molecule is CC1CC=CC=C1N1c2ccccc2C2C=Cc3c(n(-c4nc(-c5ccccc5)nc(-c5cccc(-c6cccc(-c7ccccc7)c6)c5)n4)c4ccccc34)C21. The lowest BCUT2D eigenvalue weighted by Crippen LogP contribution is -2.32. The van der Waals surface area contributed by atoms with Crippen LogP contribution >= 0.6 is 0 Å². The average molecular weight is 734 g/mol. The van der Waals surface area contributed by atoms with Crippen LogP contribution in [-0.2, 0) is 0 Å². The van der Waals surface area contributed by atoms with Crippen molar-refractivity contribution in [2.75, 3.05) is 4.90 Å². The van der Waals surface area contributed by atoms with Gasteiger partial charge in [0.05, 0.1) is 17.3 Å². The lowest BCUT2D eigenvalue weighted by atomic mass is 9.85. The fourth-order valence-corrected chi connectivity index (χ4v) is 9.15. The molecule has 3 atom stereocenters. The van der Waals surface area contributed by atoms with Gasteiger partial charge < -0.3 is 4.90 Å². The van der Waals surface area contributed by atoms with Gasteiger partial charge in [-0.1, -0.05) is 165 Å². The average Bonchev–Trinajstić information content (AvgIpc) is 3.80. The summed E-state index contributed by atoms with van der Waals surface area (Å²) in [6, 6.07) is 55.8. The molecule has 8 aromatic rings. The molecule has 57 heavy (non-hydrogen) atoms. The molecule has 5 nitrogen and oxygen atoms in total. The van der Waals surface area contributed by atoms with Crippen LogP contribution in [0.25, 0.3) is 68.0 Å². The Labute approximate surface area is 332 Å². The van der Waals surface area contributed by atoms with Gasteiger partial charge in [-0.2, -0.15) is 9.97 Å². The first-order chi connectivity index (χ1) is 28.2. The monoisotopic (exact) mass is 733 g/mol. The van der Waals surface area contributed by atoms with Crippen molar-refractivity contribution in [2.45, 2.75) is 25.3 Å². The van der Waals surface area contributed by atoms with Crippen LogP contribution in [-0.4, -0.2) is 19.5 Å². The van der Waals surface area contributed by atoms with E-state index in [1.807, 2.05) is 18.2 Å². The molecular formula is C52H39N5. The quantitative estimate of drug-likeness (QED) is 0.171. The zero-order chi connectivity index (χ0) is 37.9. The molecule has 272 valence electrons. The second kappa shape index (κ2) is 13.6. The third kappa shape index (κ3) is 5.57.